The van der Waals surface area contributed by atoms with Crippen molar-refractivity contribution in [2.45, 2.75) is 199 Å². The molecule has 12 aromatic carbocycles. The Bertz CT molecular complexity index is 5010. The van der Waals surface area contributed by atoms with E-state index in [-0.39, 0.29) is 45.9 Å². The molecule has 0 N–H and O–H groups in total. The Kier molecular flexibility index (Phi) is 13.7. The molecule has 0 amide bonds. The summed E-state index contributed by atoms with van der Waals surface area (Å²) in [5.74, 6) is 0. The number of hydrogen-bond donors (Lipinski definition) is 0. The Morgan fingerprint density at radius 3 is 0.878 bits per heavy atom. The second-order valence-corrected chi connectivity index (χ2v) is 36.5. The van der Waals surface area contributed by atoms with Gasteiger partial charge in [0.25, 0.3) is 0 Å². The van der Waals surface area contributed by atoms with E-state index in [0.717, 1.165) is 0 Å². The average molecular weight is 1280 g/mol. The van der Waals surface area contributed by atoms with Gasteiger partial charge in [0, 0.05) is 22.7 Å². The highest BCUT2D eigenvalue weighted by atomic mass is 15.2. The van der Waals surface area contributed by atoms with Crippen molar-refractivity contribution in [1.29, 1.82) is 0 Å². The van der Waals surface area contributed by atoms with Gasteiger partial charge in [0.05, 0.1) is 11.4 Å². The van der Waals surface area contributed by atoms with Crippen molar-refractivity contribution in [3.8, 4) is 44.5 Å². The van der Waals surface area contributed by atoms with Crippen molar-refractivity contribution in [3.63, 3.8) is 0 Å². The third-order valence-electron chi connectivity index (χ3n) is 23.1. The van der Waals surface area contributed by atoms with Gasteiger partial charge in [0.1, 0.15) is 0 Å². The Balaban J connectivity index is 1.19. The smallest absolute Gasteiger partial charge is 0.248 e. The fraction of sp³-hybridized carbons (Fsp3) is 0.319. The van der Waals surface area contributed by atoms with Crippen LogP contribution in [-0.4, -0.2) is 13.4 Å². The summed E-state index contributed by atoms with van der Waals surface area (Å²) >= 11 is 0. The first-order valence-electron chi connectivity index (χ1n) is 36.4. The lowest BCUT2D eigenvalue weighted by atomic mass is 9.31. The van der Waals surface area contributed by atoms with E-state index >= 15 is 0 Å². The molecule has 0 aliphatic carbocycles. The van der Waals surface area contributed by atoms with Crippen LogP contribution in [0.2, 0.25) is 0 Å². The standard InChI is InChI=1S/C94H98B2N2/c1-51-39-53(3)87(54(4)40-51)97-75-35-27-25-33-71(75)95-73-49-65-64(80-69(93(19,20)21)45-58(90(10,11)12)46-70(80)94(22,23)24)48-62-60-32-30-38-78-86(60)96(72-34-26-28-36-76(72)98(78)88-55(5)41-52(2)42-56(88)6)74-50-66-63(79-67(91(13,14)15)43-57(89(7,8)9)44-68(79)92(16,17)18)47-61(59-31-29-37-77(97)85(59)95)81(73)83(66)84(65)82(62)74/h25-50H,1-24H3. The predicted molar refractivity (Wildman–Crippen MR) is 431 cm³/mol. The number of benzene rings is 12. The largest absolute Gasteiger partial charge is 0.311 e. The van der Waals surface area contributed by atoms with Crippen LogP contribution in [0.3, 0.4) is 0 Å². The molecule has 4 heterocycles. The van der Waals surface area contributed by atoms with Crippen LogP contribution in [0.5, 0.6) is 0 Å². The summed E-state index contributed by atoms with van der Waals surface area (Å²) in [6.07, 6.45) is 0. The topological polar surface area (TPSA) is 6.48 Å². The summed E-state index contributed by atoms with van der Waals surface area (Å²) in [5, 5.41) is 8.26. The second kappa shape index (κ2) is 21.0. The molecule has 0 unspecified atom stereocenters. The van der Waals surface area contributed by atoms with Gasteiger partial charge in [-0.1, -0.05) is 268 Å². The maximum absolute atomic E-state index is 2.78. The molecule has 12 aromatic rings. The Morgan fingerprint density at radius 1 is 0.265 bits per heavy atom. The number of fused-ring (bicyclic) bond motifs is 8. The molecule has 0 spiro atoms. The van der Waals surface area contributed by atoms with E-state index in [0.29, 0.717) is 0 Å². The van der Waals surface area contributed by atoms with Gasteiger partial charge in [-0.25, -0.2) is 0 Å². The van der Waals surface area contributed by atoms with Crippen LogP contribution >= 0.6 is 0 Å². The fourth-order valence-electron chi connectivity index (χ4n) is 18.9. The van der Waals surface area contributed by atoms with Gasteiger partial charge in [-0.2, -0.15) is 0 Å². The lowest BCUT2D eigenvalue weighted by Gasteiger charge is -2.43. The highest BCUT2D eigenvalue weighted by Crippen LogP contribution is 2.57. The monoisotopic (exact) mass is 1280 g/mol. The molecule has 4 aliphatic heterocycles. The maximum atomic E-state index is 2.78. The molecule has 490 valence electrons. The first kappa shape index (κ1) is 64.1. The SMILES string of the molecule is Cc1cc(C)c(N2c3ccccc3B3c4c(cccc42)-c2cc(-c4c(C(C)(C)C)cc(C(C)(C)C)cc4C(C)(C)C)c4cc5c6c(cc(-c7c(C(C)(C)C)cc(C(C)(C)C)cc7C(C)(C)C)c7cc3c2c4c76)-c2cccc3c2B5c2ccccc2N3c2c(C)cc(C)cc2C)c(C)c1. The molecule has 2 nitrogen and oxygen atoms in total. The van der Waals surface area contributed by atoms with E-state index in [9.17, 15) is 0 Å². The average Bonchev–Trinajstić information content (AvgIpc) is 0.663. The van der Waals surface area contributed by atoms with Crippen LogP contribution in [-0.2, 0) is 32.5 Å². The number of nitrogens with zero attached hydrogens (tertiary/aromatic N) is 2. The van der Waals surface area contributed by atoms with Crippen LogP contribution in [0.25, 0.3) is 76.8 Å². The highest BCUT2D eigenvalue weighted by Gasteiger charge is 2.47. The minimum atomic E-state index is -0.222. The summed E-state index contributed by atoms with van der Waals surface area (Å²) in [6, 6.07) is 64.6. The number of rotatable bonds is 4. The lowest BCUT2D eigenvalue weighted by molar-refractivity contribution is 0.550. The zero-order chi connectivity index (χ0) is 69.6. The fourth-order valence-corrected chi connectivity index (χ4v) is 18.9. The molecule has 98 heavy (non-hydrogen) atoms. The van der Waals surface area contributed by atoms with Gasteiger partial charge >= 0.3 is 0 Å². The van der Waals surface area contributed by atoms with Crippen molar-refractivity contribution < 1.29 is 0 Å². The molecular weight excluding hydrogens is 1180 g/mol. The summed E-state index contributed by atoms with van der Waals surface area (Å²) in [4.78, 5) is 5.29. The Morgan fingerprint density at radius 2 is 0.571 bits per heavy atom. The first-order chi connectivity index (χ1) is 45.9. The van der Waals surface area contributed by atoms with E-state index in [1.807, 2.05) is 0 Å². The Hall–Kier alpha value is -8.59. The minimum absolute atomic E-state index is 0.0634. The molecule has 0 radical (unpaired) electrons. The molecule has 4 aliphatic rings. The van der Waals surface area contributed by atoms with E-state index in [1.54, 1.807) is 0 Å². The molecule has 0 aromatic heterocycles. The number of aryl methyl sites for hydroxylation is 6. The zero-order valence-corrected chi connectivity index (χ0v) is 63.1. The maximum Gasteiger partial charge on any atom is 0.248 e. The van der Waals surface area contributed by atoms with Gasteiger partial charge in [-0.15, -0.1) is 0 Å². The number of para-hydroxylation sites is 2. The van der Waals surface area contributed by atoms with Crippen molar-refractivity contribution in [2.75, 3.05) is 9.80 Å². The van der Waals surface area contributed by atoms with Gasteiger partial charge < -0.3 is 9.80 Å². The molecule has 16 rings (SSSR count). The summed E-state index contributed by atoms with van der Waals surface area (Å²) in [6.45, 7) is 57.7. The van der Waals surface area contributed by atoms with E-state index in [2.05, 4.69) is 334 Å². The summed E-state index contributed by atoms with van der Waals surface area (Å²) in [7, 11) is 0. The van der Waals surface area contributed by atoms with Crippen molar-refractivity contribution in [2.24, 2.45) is 0 Å². The molecule has 4 heteroatoms. The van der Waals surface area contributed by atoms with Crippen LogP contribution in [0.4, 0.5) is 34.1 Å². The first-order valence-corrected chi connectivity index (χ1v) is 36.4. The minimum Gasteiger partial charge on any atom is -0.311 e. The third kappa shape index (κ3) is 9.27. The molecule has 0 saturated heterocycles. The molecule has 0 fully saturated rings. The third-order valence-corrected chi connectivity index (χ3v) is 23.1. The van der Waals surface area contributed by atoms with Crippen molar-refractivity contribution in [1.82, 2.24) is 0 Å². The zero-order valence-electron chi connectivity index (χ0n) is 63.1. The molecule has 0 saturated carbocycles. The van der Waals surface area contributed by atoms with Crippen LogP contribution in [0.1, 0.15) is 191 Å². The molecule has 0 bridgehead atoms. The second-order valence-electron chi connectivity index (χ2n) is 36.5. The van der Waals surface area contributed by atoms with E-state index in [1.165, 1.54) is 210 Å². The van der Waals surface area contributed by atoms with Crippen molar-refractivity contribution >= 4 is 113 Å². The number of hydrogen-bond acceptors (Lipinski definition) is 2. The quantitative estimate of drug-likeness (QED) is 0.128. The normalized spacial score (nSPS) is 14.2. The van der Waals surface area contributed by atoms with Gasteiger partial charge in [0.2, 0.25) is 13.4 Å². The van der Waals surface area contributed by atoms with Crippen LogP contribution in [0.15, 0.2) is 158 Å². The van der Waals surface area contributed by atoms with Crippen LogP contribution < -0.4 is 42.6 Å². The van der Waals surface area contributed by atoms with Crippen LogP contribution in [0, 0.1) is 41.5 Å². The van der Waals surface area contributed by atoms with E-state index < -0.39 is 0 Å². The molecular formula is C94H98B2N2. The summed E-state index contributed by atoms with van der Waals surface area (Å²) in [5.41, 5.74) is 41.7. The predicted octanol–water partition coefficient (Wildman–Crippen LogP) is 22.1. The van der Waals surface area contributed by atoms with Crippen molar-refractivity contribution in [3.05, 3.63) is 224 Å². The van der Waals surface area contributed by atoms with Gasteiger partial charge in [-0.05, 0) is 265 Å². The number of anilines is 6. The lowest BCUT2D eigenvalue weighted by Crippen LogP contribution is -2.60. The highest BCUT2D eigenvalue weighted by molar-refractivity contribution is 7.02. The molecule has 0 atom stereocenters. The summed E-state index contributed by atoms with van der Waals surface area (Å²) < 4.78 is 0. The Labute approximate surface area is 586 Å². The van der Waals surface area contributed by atoms with E-state index in [4.69, 9.17) is 0 Å². The van der Waals surface area contributed by atoms with Gasteiger partial charge in [-0.3, -0.25) is 0 Å². The van der Waals surface area contributed by atoms with Gasteiger partial charge in [0.15, 0.2) is 0 Å².